The van der Waals surface area contributed by atoms with Gasteiger partial charge >= 0.3 is 0 Å². The number of amides is 1. The van der Waals surface area contributed by atoms with Gasteiger partial charge in [0, 0.05) is 19.0 Å². The number of carbonyl (C=O) groups is 1. The van der Waals surface area contributed by atoms with E-state index >= 15 is 0 Å². The van der Waals surface area contributed by atoms with Gasteiger partial charge in [0.25, 0.3) is 0 Å². The molecule has 0 rings (SSSR count). The van der Waals surface area contributed by atoms with Crippen molar-refractivity contribution in [2.75, 3.05) is 13.1 Å². The predicted molar refractivity (Wildman–Crippen MR) is 74.8 cm³/mol. The Morgan fingerprint density at radius 2 is 1.59 bits per heavy atom. The number of carbonyl (C=O) groups excluding carboxylic acids is 1. The summed E-state index contributed by atoms with van der Waals surface area (Å²) in [7, 11) is 0. The van der Waals surface area contributed by atoms with Gasteiger partial charge in [0.2, 0.25) is 5.91 Å². The Balaban J connectivity index is 4.75. The minimum atomic E-state index is 0.106. The van der Waals surface area contributed by atoms with Gasteiger partial charge in [0.05, 0.1) is 0 Å². The Hall–Kier alpha value is -1.05. The van der Waals surface area contributed by atoms with Crippen LogP contribution in [0.15, 0.2) is 25.3 Å². The third-order valence-corrected chi connectivity index (χ3v) is 2.86. The minimum Gasteiger partial charge on any atom is -0.335 e. The number of rotatable bonds is 8. The lowest BCUT2D eigenvalue weighted by molar-refractivity contribution is -0.136. The highest BCUT2D eigenvalue weighted by atomic mass is 16.2. The van der Waals surface area contributed by atoms with Crippen LogP contribution in [0.2, 0.25) is 0 Å². The normalized spacial score (nSPS) is 12.6. The van der Waals surface area contributed by atoms with E-state index in [2.05, 4.69) is 40.9 Å². The molecule has 0 aromatic carbocycles. The number of nitrogens with zero attached hydrogens (tertiary/aromatic N) is 1. The van der Waals surface area contributed by atoms with Gasteiger partial charge in [0.15, 0.2) is 0 Å². The molecule has 2 heteroatoms. The molecule has 0 spiro atoms. The average molecular weight is 237 g/mol. The molecule has 0 aliphatic heterocycles. The van der Waals surface area contributed by atoms with E-state index in [1.54, 1.807) is 12.2 Å². The molecule has 0 fully saturated rings. The van der Waals surface area contributed by atoms with E-state index in [4.69, 9.17) is 0 Å². The summed E-state index contributed by atoms with van der Waals surface area (Å²) in [5, 5.41) is 0. The van der Waals surface area contributed by atoms with Crippen LogP contribution in [-0.4, -0.2) is 23.9 Å². The molecule has 0 saturated carbocycles. The lowest BCUT2D eigenvalue weighted by atomic mass is 9.86. The second-order valence-electron chi connectivity index (χ2n) is 5.30. The fraction of sp³-hybridized carbons (Fsp3) is 0.667. The summed E-state index contributed by atoms with van der Waals surface area (Å²) < 4.78 is 0. The summed E-state index contributed by atoms with van der Waals surface area (Å²) in [6.07, 6.45) is 4.49. The highest BCUT2D eigenvalue weighted by molar-refractivity contribution is 5.79. The third-order valence-electron chi connectivity index (χ3n) is 2.86. The Kier molecular flexibility index (Phi) is 7.60. The molecule has 0 aliphatic carbocycles. The molecule has 1 unspecified atom stereocenters. The van der Waals surface area contributed by atoms with Crippen molar-refractivity contribution in [3.05, 3.63) is 25.3 Å². The summed E-state index contributed by atoms with van der Waals surface area (Å²) in [5.41, 5.74) is 0. The highest BCUT2D eigenvalue weighted by Crippen LogP contribution is 2.22. The molecule has 0 aromatic heterocycles. The zero-order chi connectivity index (χ0) is 13.4. The molecule has 0 saturated heterocycles. The van der Waals surface area contributed by atoms with Crippen molar-refractivity contribution in [3.8, 4) is 0 Å². The van der Waals surface area contributed by atoms with E-state index < -0.39 is 0 Å². The van der Waals surface area contributed by atoms with E-state index in [1.165, 1.54) is 0 Å². The van der Waals surface area contributed by atoms with Crippen molar-refractivity contribution in [2.45, 2.75) is 34.1 Å². The summed E-state index contributed by atoms with van der Waals surface area (Å²) >= 11 is 0. The van der Waals surface area contributed by atoms with Crippen LogP contribution in [0.4, 0.5) is 0 Å². The number of hydrogen-bond donors (Lipinski definition) is 0. The molecule has 17 heavy (non-hydrogen) atoms. The highest BCUT2D eigenvalue weighted by Gasteiger charge is 2.26. The van der Waals surface area contributed by atoms with Crippen molar-refractivity contribution < 1.29 is 4.79 Å². The Morgan fingerprint density at radius 1 is 1.12 bits per heavy atom. The molecular weight excluding hydrogens is 210 g/mol. The maximum absolute atomic E-state index is 12.4. The second-order valence-corrected chi connectivity index (χ2v) is 5.30. The van der Waals surface area contributed by atoms with Crippen molar-refractivity contribution in [3.63, 3.8) is 0 Å². The number of hydrogen-bond acceptors (Lipinski definition) is 1. The fourth-order valence-electron chi connectivity index (χ4n) is 1.97. The van der Waals surface area contributed by atoms with E-state index in [0.29, 0.717) is 24.9 Å². The van der Waals surface area contributed by atoms with Gasteiger partial charge in [-0.3, -0.25) is 4.79 Å². The van der Waals surface area contributed by atoms with E-state index in [1.807, 2.05) is 4.90 Å². The second kappa shape index (κ2) is 8.10. The van der Waals surface area contributed by atoms with Crippen LogP contribution in [0.1, 0.15) is 34.1 Å². The maximum Gasteiger partial charge on any atom is 0.226 e. The van der Waals surface area contributed by atoms with Gasteiger partial charge in [0.1, 0.15) is 0 Å². The summed E-state index contributed by atoms with van der Waals surface area (Å²) in [5.74, 6) is 1.26. The largest absolute Gasteiger partial charge is 0.335 e. The predicted octanol–water partition coefficient (Wildman–Crippen LogP) is 3.51. The Labute approximate surface area is 106 Å². The first-order valence-corrected chi connectivity index (χ1v) is 6.44. The lowest BCUT2D eigenvalue weighted by Gasteiger charge is -2.28. The first kappa shape index (κ1) is 16.0. The Morgan fingerprint density at radius 3 is 1.88 bits per heavy atom. The van der Waals surface area contributed by atoms with Crippen LogP contribution in [0, 0.1) is 17.8 Å². The van der Waals surface area contributed by atoms with Gasteiger partial charge in [-0.15, -0.1) is 13.2 Å². The first-order valence-electron chi connectivity index (χ1n) is 6.44. The van der Waals surface area contributed by atoms with E-state index in [9.17, 15) is 4.79 Å². The quantitative estimate of drug-likeness (QED) is 0.592. The molecule has 0 aromatic rings. The molecule has 0 aliphatic rings. The minimum absolute atomic E-state index is 0.106. The fourth-order valence-corrected chi connectivity index (χ4v) is 1.97. The van der Waals surface area contributed by atoms with Crippen LogP contribution < -0.4 is 0 Å². The van der Waals surface area contributed by atoms with Gasteiger partial charge < -0.3 is 4.90 Å². The average Bonchev–Trinajstić information content (AvgIpc) is 2.24. The molecule has 0 radical (unpaired) electrons. The first-order chi connectivity index (χ1) is 7.93. The monoisotopic (exact) mass is 237 g/mol. The summed E-state index contributed by atoms with van der Waals surface area (Å²) in [6.45, 7) is 17.2. The van der Waals surface area contributed by atoms with Gasteiger partial charge in [-0.1, -0.05) is 39.8 Å². The molecule has 0 bridgehead atoms. The zero-order valence-corrected chi connectivity index (χ0v) is 11.8. The molecular formula is C15H27NO. The lowest BCUT2D eigenvalue weighted by Crippen LogP contribution is -2.39. The zero-order valence-electron chi connectivity index (χ0n) is 11.8. The van der Waals surface area contributed by atoms with Crippen LogP contribution in [0.5, 0.6) is 0 Å². The van der Waals surface area contributed by atoms with Crippen LogP contribution in [-0.2, 0) is 4.79 Å². The van der Waals surface area contributed by atoms with Crippen molar-refractivity contribution >= 4 is 5.91 Å². The van der Waals surface area contributed by atoms with Crippen molar-refractivity contribution in [2.24, 2.45) is 17.8 Å². The molecule has 1 atom stereocenters. The summed E-state index contributed by atoms with van der Waals surface area (Å²) in [4.78, 5) is 14.3. The van der Waals surface area contributed by atoms with Gasteiger partial charge in [-0.25, -0.2) is 0 Å². The molecule has 1 amide bonds. The van der Waals surface area contributed by atoms with Crippen molar-refractivity contribution in [1.82, 2.24) is 4.90 Å². The SMILES string of the molecule is C=CCN(CC=C)C(=O)C(CC(C)C)C(C)C. The Bertz CT molecular complexity index is 246. The van der Waals surface area contributed by atoms with Gasteiger partial charge in [-0.05, 0) is 18.3 Å². The molecule has 0 N–H and O–H groups in total. The smallest absolute Gasteiger partial charge is 0.226 e. The molecule has 0 heterocycles. The maximum atomic E-state index is 12.4. The molecule has 98 valence electrons. The molecule has 2 nitrogen and oxygen atoms in total. The topological polar surface area (TPSA) is 20.3 Å². The van der Waals surface area contributed by atoms with E-state index in [0.717, 1.165) is 6.42 Å². The van der Waals surface area contributed by atoms with Crippen LogP contribution >= 0.6 is 0 Å². The summed E-state index contributed by atoms with van der Waals surface area (Å²) in [6, 6.07) is 0. The van der Waals surface area contributed by atoms with Gasteiger partial charge in [-0.2, -0.15) is 0 Å². The van der Waals surface area contributed by atoms with Crippen LogP contribution in [0.3, 0.4) is 0 Å². The van der Waals surface area contributed by atoms with Crippen LogP contribution in [0.25, 0.3) is 0 Å². The standard InChI is InChI=1S/C15H27NO/c1-7-9-16(10-8-2)15(17)14(13(5)6)11-12(3)4/h7-8,12-14H,1-2,9-11H2,3-6H3. The van der Waals surface area contributed by atoms with E-state index in [-0.39, 0.29) is 11.8 Å². The van der Waals surface area contributed by atoms with Crippen molar-refractivity contribution in [1.29, 1.82) is 0 Å². The third kappa shape index (κ3) is 5.71.